The molecule has 2 aliphatic rings. The van der Waals surface area contributed by atoms with Crippen LogP contribution in [-0.4, -0.2) is 57.6 Å². The van der Waals surface area contributed by atoms with E-state index >= 15 is 0 Å². The molecule has 166 valence electrons. The van der Waals surface area contributed by atoms with Crippen LogP contribution in [0.3, 0.4) is 0 Å². The third-order valence-corrected chi connectivity index (χ3v) is 6.42. The Labute approximate surface area is 178 Å². The van der Waals surface area contributed by atoms with Gasteiger partial charge in [0.25, 0.3) is 11.8 Å². The second kappa shape index (κ2) is 9.18. The van der Waals surface area contributed by atoms with E-state index in [9.17, 15) is 14.4 Å². The van der Waals surface area contributed by atoms with Gasteiger partial charge in [0, 0.05) is 25.7 Å². The number of hydrogen-bond acceptors (Lipinski definition) is 4. The van der Waals surface area contributed by atoms with Crippen LogP contribution < -0.4 is 10.6 Å². The molecule has 8 nitrogen and oxygen atoms in total. The van der Waals surface area contributed by atoms with Crippen LogP contribution in [0.2, 0.25) is 0 Å². The van der Waals surface area contributed by atoms with Crippen molar-refractivity contribution in [2.24, 2.45) is 5.92 Å². The quantitative estimate of drug-likeness (QED) is 0.695. The van der Waals surface area contributed by atoms with Gasteiger partial charge in [-0.1, -0.05) is 39.5 Å². The van der Waals surface area contributed by atoms with Gasteiger partial charge in [-0.3, -0.25) is 19.1 Å². The maximum absolute atomic E-state index is 13.2. The molecule has 1 atom stereocenters. The lowest BCUT2D eigenvalue weighted by molar-refractivity contribution is -0.133. The zero-order valence-corrected chi connectivity index (χ0v) is 18.7. The fourth-order valence-electron chi connectivity index (χ4n) is 4.17. The highest BCUT2D eigenvalue weighted by Gasteiger charge is 2.46. The topological polar surface area (TPSA) is 96.3 Å². The van der Waals surface area contributed by atoms with Crippen LogP contribution in [0, 0.1) is 5.92 Å². The van der Waals surface area contributed by atoms with E-state index in [0.717, 1.165) is 32.1 Å². The first-order valence-corrected chi connectivity index (χ1v) is 11.2. The van der Waals surface area contributed by atoms with Gasteiger partial charge < -0.3 is 15.5 Å². The number of likely N-dealkylation sites (N-methyl/N-ethyl adjacent to an activating group) is 1. The van der Waals surface area contributed by atoms with Crippen LogP contribution in [0.15, 0.2) is 6.07 Å². The van der Waals surface area contributed by atoms with Crippen molar-refractivity contribution in [1.82, 2.24) is 25.3 Å². The molecule has 30 heavy (non-hydrogen) atoms. The summed E-state index contributed by atoms with van der Waals surface area (Å²) in [5.74, 6) is -0.260. The molecule has 1 aliphatic carbocycles. The largest absolute Gasteiger partial charge is 0.351 e. The van der Waals surface area contributed by atoms with E-state index in [1.54, 1.807) is 14.0 Å². The van der Waals surface area contributed by atoms with E-state index in [0.29, 0.717) is 18.2 Å². The number of carbonyl (C=O) groups is 3. The van der Waals surface area contributed by atoms with Gasteiger partial charge in [-0.15, -0.1) is 0 Å². The van der Waals surface area contributed by atoms with E-state index in [4.69, 9.17) is 0 Å². The average molecular weight is 418 g/mol. The second-order valence-electron chi connectivity index (χ2n) is 9.31. The molecule has 0 unspecified atom stereocenters. The first kappa shape index (κ1) is 22.3. The minimum Gasteiger partial charge on any atom is -0.351 e. The van der Waals surface area contributed by atoms with Gasteiger partial charge >= 0.3 is 0 Å². The molecule has 0 radical (unpaired) electrons. The van der Waals surface area contributed by atoms with Gasteiger partial charge in [0.2, 0.25) is 5.91 Å². The van der Waals surface area contributed by atoms with Crippen LogP contribution in [0.25, 0.3) is 0 Å². The molecular formula is C22H35N5O3. The lowest BCUT2D eigenvalue weighted by Crippen LogP contribution is -2.63. The molecule has 3 amide bonds. The lowest BCUT2D eigenvalue weighted by Gasteiger charge is -2.41. The van der Waals surface area contributed by atoms with Gasteiger partial charge in [0.15, 0.2) is 5.69 Å². The first-order chi connectivity index (χ1) is 14.2. The molecule has 3 rings (SSSR count). The summed E-state index contributed by atoms with van der Waals surface area (Å²) in [5, 5.41) is 10.4. The summed E-state index contributed by atoms with van der Waals surface area (Å²) in [5.41, 5.74) is -0.497. The van der Waals surface area contributed by atoms with Crippen molar-refractivity contribution < 1.29 is 14.4 Å². The Morgan fingerprint density at radius 3 is 2.53 bits per heavy atom. The fourth-order valence-corrected chi connectivity index (χ4v) is 4.17. The lowest BCUT2D eigenvalue weighted by atomic mass is 9.95. The SMILES string of the molecule is CC(C)CCNC(=O)c1cc2n(n1)C[C@@](C)(C(=O)NC1CCCCCC1)N(C)C2=O. The number of amides is 3. The van der Waals surface area contributed by atoms with Crippen molar-refractivity contribution >= 4 is 17.7 Å². The highest BCUT2D eigenvalue weighted by atomic mass is 16.2. The van der Waals surface area contributed by atoms with E-state index in [-0.39, 0.29) is 36.0 Å². The van der Waals surface area contributed by atoms with E-state index in [2.05, 4.69) is 29.6 Å². The molecule has 2 N–H and O–H groups in total. The van der Waals surface area contributed by atoms with Crippen LogP contribution in [0.5, 0.6) is 0 Å². The second-order valence-corrected chi connectivity index (χ2v) is 9.31. The van der Waals surface area contributed by atoms with Gasteiger partial charge in [-0.2, -0.15) is 5.10 Å². The number of fused-ring (bicyclic) bond motifs is 1. The molecule has 8 heteroatoms. The van der Waals surface area contributed by atoms with E-state index < -0.39 is 5.54 Å². The molecule has 2 heterocycles. The van der Waals surface area contributed by atoms with Crippen molar-refractivity contribution in [3.63, 3.8) is 0 Å². The number of hydrogen-bond donors (Lipinski definition) is 2. The van der Waals surface area contributed by atoms with Gasteiger partial charge in [-0.25, -0.2) is 0 Å². The summed E-state index contributed by atoms with van der Waals surface area (Å²) >= 11 is 0. The maximum Gasteiger partial charge on any atom is 0.272 e. The summed E-state index contributed by atoms with van der Waals surface area (Å²) in [7, 11) is 1.65. The fraction of sp³-hybridized carbons (Fsp3) is 0.727. The van der Waals surface area contributed by atoms with E-state index in [1.807, 2.05) is 0 Å². The smallest absolute Gasteiger partial charge is 0.272 e. The molecule has 1 fully saturated rings. The Morgan fingerprint density at radius 2 is 1.90 bits per heavy atom. The number of rotatable bonds is 6. The van der Waals surface area contributed by atoms with E-state index in [1.165, 1.54) is 28.5 Å². The predicted octanol–water partition coefficient (Wildman–Crippen LogP) is 2.34. The van der Waals surface area contributed by atoms with Crippen LogP contribution >= 0.6 is 0 Å². The Hall–Kier alpha value is -2.38. The molecule has 1 aromatic heterocycles. The zero-order valence-electron chi connectivity index (χ0n) is 18.7. The number of nitrogens with one attached hydrogen (secondary N) is 2. The Morgan fingerprint density at radius 1 is 1.23 bits per heavy atom. The summed E-state index contributed by atoms with van der Waals surface area (Å²) < 4.78 is 1.51. The minimum absolute atomic E-state index is 0.154. The average Bonchev–Trinajstić information content (AvgIpc) is 2.94. The Balaban J connectivity index is 1.73. The summed E-state index contributed by atoms with van der Waals surface area (Å²) in [6, 6.07) is 1.67. The summed E-state index contributed by atoms with van der Waals surface area (Å²) in [4.78, 5) is 40.1. The maximum atomic E-state index is 13.2. The van der Waals surface area contributed by atoms with Crippen LogP contribution in [-0.2, 0) is 11.3 Å². The number of nitrogens with zero attached hydrogens (tertiary/aromatic N) is 3. The minimum atomic E-state index is -1.05. The van der Waals surface area contributed by atoms with Crippen LogP contribution in [0.4, 0.5) is 0 Å². The predicted molar refractivity (Wildman–Crippen MR) is 114 cm³/mol. The molecule has 0 aromatic carbocycles. The standard InChI is InChI=1S/C22H35N5O3/c1-15(2)11-12-23-19(28)17-13-18-20(29)26(4)22(3,14-27(18)25-17)21(30)24-16-9-7-5-6-8-10-16/h13,15-16H,5-12,14H2,1-4H3,(H,23,28)(H,24,30)/t22-/m0/s1. The molecule has 0 saturated heterocycles. The number of carbonyl (C=O) groups excluding carboxylic acids is 3. The van der Waals surface area contributed by atoms with Crippen molar-refractivity contribution in [1.29, 1.82) is 0 Å². The Bertz CT molecular complexity index is 795. The zero-order chi connectivity index (χ0) is 21.9. The third kappa shape index (κ3) is 4.68. The first-order valence-electron chi connectivity index (χ1n) is 11.2. The van der Waals surface area contributed by atoms with Crippen molar-refractivity contribution in [3.05, 3.63) is 17.5 Å². The monoisotopic (exact) mass is 417 g/mol. The van der Waals surface area contributed by atoms with Crippen molar-refractivity contribution in [2.75, 3.05) is 13.6 Å². The molecule has 1 aliphatic heterocycles. The molecule has 0 bridgehead atoms. The van der Waals surface area contributed by atoms with Crippen molar-refractivity contribution in [2.45, 2.75) is 83.8 Å². The van der Waals surface area contributed by atoms with Crippen LogP contribution in [0.1, 0.15) is 86.7 Å². The third-order valence-electron chi connectivity index (χ3n) is 6.42. The highest BCUT2D eigenvalue weighted by Crippen LogP contribution is 2.27. The summed E-state index contributed by atoms with van der Waals surface area (Å²) in [6.07, 6.45) is 7.49. The molecule has 0 spiro atoms. The van der Waals surface area contributed by atoms with Gasteiger partial charge in [-0.05, 0) is 32.1 Å². The van der Waals surface area contributed by atoms with Crippen molar-refractivity contribution in [3.8, 4) is 0 Å². The molecular weight excluding hydrogens is 382 g/mol. The highest BCUT2D eigenvalue weighted by molar-refractivity contribution is 6.01. The number of aromatic nitrogens is 2. The molecule has 1 aromatic rings. The Kier molecular flexibility index (Phi) is 6.83. The molecule has 1 saturated carbocycles. The van der Waals surface area contributed by atoms with Gasteiger partial charge in [0.1, 0.15) is 11.2 Å². The summed E-state index contributed by atoms with van der Waals surface area (Å²) in [6.45, 7) is 6.74. The normalized spacial score (nSPS) is 22.6. The van der Waals surface area contributed by atoms with Gasteiger partial charge in [0.05, 0.1) is 6.54 Å².